The van der Waals surface area contributed by atoms with Gasteiger partial charge in [-0.05, 0) is 22.9 Å². The van der Waals surface area contributed by atoms with Crippen molar-refractivity contribution in [2.75, 3.05) is 5.73 Å². The van der Waals surface area contributed by atoms with Crippen LogP contribution >= 0.6 is 28.3 Å². The van der Waals surface area contributed by atoms with Crippen LogP contribution in [0.15, 0.2) is 16.9 Å². The number of hydrogen-bond acceptors (Lipinski definition) is 3. The molecule has 2 heterocycles. The fourth-order valence-corrected chi connectivity index (χ4v) is 1.37. The van der Waals surface area contributed by atoms with Gasteiger partial charge in [0.15, 0.2) is 5.65 Å². The van der Waals surface area contributed by atoms with Crippen LogP contribution in [0.1, 0.15) is 5.56 Å². The maximum atomic E-state index is 5.77. The second kappa shape index (κ2) is 3.51. The molecule has 70 valence electrons. The second-order valence-corrected chi connectivity index (χ2v) is 3.41. The summed E-state index contributed by atoms with van der Waals surface area (Å²) in [7, 11) is 0. The Bertz CT molecular complexity index is 439. The molecule has 0 fully saturated rings. The standard InChI is InChI=1S/C7H7BrN4.ClH/c1-4-2-10-7-5(8)3-11-12(7)6(4)9;/h2-3H,9H2,1H3;1H. The number of nitrogen functional groups attached to an aromatic ring is 1. The fraction of sp³-hybridized carbons (Fsp3) is 0.143. The lowest BCUT2D eigenvalue weighted by Gasteiger charge is -2.00. The molecule has 0 aromatic carbocycles. The van der Waals surface area contributed by atoms with Gasteiger partial charge in [0.1, 0.15) is 5.82 Å². The Labute approximate surface area is 89.7 Å². The Morgan fingerprint density at radius 1 is 1.46 bits per heavy atom. The van der Waals surface area contributed by atoms with Crippen LogP contribution in [-0.4, -0.2) is 14.6 Å². The van der Waals surface area contributed by atoms with Crippen molar-refractivity contribution in [3.8, 4) is 0 Å². The van der Waals surface area contributed by atoms with Gasteiger partial charge in [-0.1, -0.05) is 0 Å². The van der Waals surface area contributed by atoms with Crippen molar-refractivity contribution < 1.29 is 0 Å². The first-order chi connectivity index (χ1) is 5.70. The van der Waals surface area contributed by atoms with Crippen molar-refractivity contribution in [2.45, 2.75) is 6.92 Å². The molecule has 0 radical (unpaired) electrons. The molecule has 0 aliphatic heterocycles. The third-order valence-corrected chi connectivity index (χ3v) is 2.27. The average Bonchev–Trinajstić information content (AvgIpc) is 2.41. The van der Waals surface area contributed by atoms with E-state index in [2.05, 4.69) is 26.0 Å². The molecular formula is C7H8BrClN4. The largest absolute Gasteiger partial charge is 0.383 e. The normalized spacial score (nSPS) is 10.0. The van der Waals surface area contributed by atoms with Crippen molar-refractivity contribution in [3.63, 3.8) is 0 Å². The van der Waals surface area contributed by atoms with Gasteiger partial charge in [0, 0.05) is 11.8 Å². The minimum Gasteiger partial charge on any atom is -0.383 e. The molecule has 0 spiro atoms. The number of hydrogen-bond donors (Lipinski definition) is 1. The van der Waals surface area contributed by atoms with Crippen LogP contribution in [0.4, 0.5) is 5.82 Å². The van der Waals surface area contributed by atoms with E-state index >= 15 is 0 Å². The van der Waals surface area contributed by atoms with Gasteiger partial charge in [-0.25, -0.2) is 4.98 Å². The molecule has 0 aliphatic carbocycles. The second-order valence-electron chi connectivity index (χ2n) is 2.55. The van der Waals surface area contributed by atoms with Crippen LogP contribution in [0.25, 0.3) is 5.65 Å². The van der Waals surface area contributed by atoms with E-state index in [4.69, 9.17) is 5.73 Å². The highest BCUT2D eigenvalue weighted by atomic mass is 79.9. The highest BCUT2D eigenvalue weighted by Crippen LogP contribution is 2.18. The van der Waals surface area contributed by atoms with E-state index in [1.807, 2.05) is 6.92 Å². The van der Waals surface area contributed by atoms with Gasteiger partial charge in [0.25, 0.3) is 0 Å². The van der Waals surface area contributed by atoms with E-state index in [1.165, 1.54) is 0 Å². The van der Waals surface area contributed by atoms with Crippen LogP contribution in [-0.2, 0) is 0 Å². The van der Waals surface area contributed by atoms with Crippen molar-refractivity contribution >= 4 is 39.8 Å². The molecule has 2 aromatic rings. The van der Waals surface area contributed by atoms with Crippen molar-refractivity contribution in [1.29, 1.82) is 0 Å². The molecule has 13 heavy (non-hydrogen) atoms. The molecule has 2 N–H and O–H groups in total. The third kappa shape index (κ3) is 1.49. The molecule has 0 saturated carbocycles. The third-order valence-electron chi connectivity index (χ3n) is 1.71. The lowest BCUT2D eigenvalue weighted by Crippen LogP contribution is -2.02. The van der Waals surface area contributed by atoms with E-state index in [9.17, 15) is 0 Å². The summed E-state index contributed by atoms with van der Waals surface area (Å²) in [6.07, 6.45) is 3.41. The Hall–Kier alpha value is -0.810. The van der Waals surface area contributed by atoms with E-state index in [1.54, 1.807) is 16.9 Å². The zero-order valence-electron chi connectivity index (χ0n) is 6.86. The Balaban J connectivity index is 0.000000845. The number of aromatic nitrogens is 3. The first-order valence-electron chi connectivity index (χ1n) is 3.44. The summed E-state index contributed by atoms with van der Waals surface area (Å²) in [5, 5.41) is 4.06. The van der Waals surface area contributed by atoms with E-state index < -0.39 is 0 Å². The maximum Gasteiger partial charge on any atom is 0.171 e. The number of aryl methyl sites for hydroxylation is 1. The summed E-state index contributed by atoms with van der Waals surface area (Å²) in [5.41, 5.74) is 7.45. The Kier molecular flexibility index (Phi) is 2.77. The zero-order valence-corrected chi connectivity index (χ0v) is 9.26. The van der Waals surface area contributed by atoms with Gasteiger partial charge in [0.2, 0.25) is 0 Å². The summed E-state index contributed by atoms with van der Waals surface area (Å²) >= 11 is 3.32. The van der Waals surface area contributed by atoms with Crippen LogP contribution in [0, 0.1) is 6.92 Å². The van der Waals surface area contributed by atoms with E-state index in [0.29, 0.717) is 5.82 Å². The Morgan fingerprint density at radius 2 is 2.15 bits per heavy atom. The summed E-state index contributed by atoms with van der Waals surface area (Å²) in [6.45, 7) is 1.90. The van der Waals surface area contributed by atoms with Crippen LogP contribution in [0.3, 0.4) is 0 Å². The molecule has 0 saturated heterocycles. The monoisotopic (exact) mass is 262 g/mol. The minimum atomic E-state index is 0. The van der Waals surface area contributed by atoms with Crippen LogP contribution in [0.2, 0.25) is 0 Å². The number of nitrogens with zero attached hydrogens (tertiary/aromatic N) is 3. The molecule has 0 amide bonds. The van der Waals surface area contributed by atoms with Gasteiger partial charge < -0.3 is 5.73 Å². The van der Waals surface area contributed by atoms with Gasteiger partial charge >= 0.3 is 0 Å². The molecule has 0 aliphatic rings. The van der Waals surface area contributed by atoms with Gasteiger partial charge in [-0.2, -0.15) is 9.61 Å². The molecule has 0 atom stereocenters. The predicted octanol–water partition coefficient (Wildman–Crippen LogP) is 1.80. The summed E-state index contributed by atoms with van der Waals surface area (Å²) in [6, 6.07) is 0. The zero-order chi connectivity index (χ0) is 8.72. The summed E-state index contributed by atoms with van der Waals surface area (Å²) in [5.74, 6) is 0.630. The molecule has 2 aromatic heterocycles. The van der Waals surface area contributed by atoms with Crippen LogP contribution < -0.4 is 5.73 Å². The molecule has 2 rings (SSSR count). The summed E-state index contributed by atoms with van der Waals surface area (Å²) < 4.78 is 2.47. The SMILES string of the molecule is Cc1cnc2c(Br)cnn2c1N.Cl. The highest BCUT2D eigenvalue weighted by molar-refractivity contribution is 9.10. The van der Waals surface area contributed by atoms with Gasteiger partial charge in [-0.15, -0.1) is 12.4 Å². The van der Waals surface area contributed by atoms with Crippen molar-refractivity contribution in [1.82, 2.24) is 14.6 Å². The minimum absolute atomic E-state index is 0. The lowest BCUT2D eigenvalue weighted by molar-refractivity contribution is 0.942. The molecule has 6 heteroatoms. The predicted molar refractivity (Wildman–Crippen MR) is 57.1 cm³/mol. The number of fused-ring (bicyclic) bond motifs is 1. The van der Waals surface area contributed by atoms with E-state index in [-0.39, 0.29) is 12.4 Å². The highest BCUT2D eigenvalue weighted by Gasteiger charge is 2.05. The smallest absolute Gasteiger partial charge is 0.171 e. The lowest BCUT2D eigenvalue weighted by atomic mass is 10.3. The first kappa shape index (κ1) is 10.3. The average molecular weight is 264 g/mol. The maximum absolute atomic E-state index is 5.77. The van der Waals surface area contributed by atoms with E-state index in [0.717, 1.165) is 15.7 Å². The summed E-state index contributed by atoms with van der Waals surface area (Å²) in [4.78, 5) is 4.17. The fourth-order valence-electron chi connectivity index (χ4n) is 1.01. The van der Waals surface area contributed by atoms with Crippen molar-refractivity contribution in [3.05, 3.63) is 22.4 Å². The van der Waals surface area contributed by atoms with Crippen LogP contribution in [0.5, 0.6) is 0 Å². The number of anilines is 1. The van der Waals surface area contributed by atoms with Crippen molar-refractivity contribution in [2.24, 2.45) is 0 Å². The molecular weight excluding hydrogens is 255 g/mol. The molecule has 0 unspecified atom stereocenters. The Morgan fingerprint density at radius 3 is 2.85 bits per heavy atom. The number of nitrogens with two attached hydrogens (primary N) is 1. The number of rotatable bonds is 0. The number of halogens is 2. The molecule has 0 bridgehead atoms. The topological polar surface area (TPSA) is 56.2 Å². The molecule has 4 nitrogen and oxygen atoms in total. The van der Waals surface area contributed by atoms with Gasteiger partial charge in [-0.3, -0.25) is 0 Å². The quantitative estimate of drug-likeness (QED) is 0.788. The van der Waals surface area contributed by atoms with Gasteiger partial charge in [0.05, 0.1) is 10.7 Å². The first-order valence-corrected chi connectivity index (χ1v) is 4.24.